The van der Waals surface area contributed by atoms with Gasteiger partial charge >= 0.3 is 17.9 Å². The summed E-state index contributed by atoms with van der Waals surface area (Å²) in [6.45, 7) is 6.91. The zero-order valence-corrected chi connectivity index (χ0v) is 34.6. The SMILES string of the molecule is COc1ccc2[nH]c3c(c2c1)C[C@H](C(=O)O)N[C@]31CS[C@@H]2c3c(OC(C)=O)c(C)c4c(c3[C@H](COC1=O)N1[C@@H]2[C@H]2c3c(cc(C)c(OC)c3O)C3(C)C[C@@]1(O)CN23)OCO4. The molecule has 16 nitrogen and oxygen atoms in total. The molecular weight excluding hydrogens is 797 g/mol. The third-order valence-electron chi connectivity index (χ3n) is 14.2. The highest BCUT2D eigenvalue weighted by atomic mass is 32.2. The van der Waals surface area contributed by atoms with E-state index in [0.717, 1.165) is 16.5 Å². The van der Waals surface area contributed by atoms with Crippen molar-refractivity contribution < 1.29 is 58.1 Å². The van der Waals surface area contributed by atoms with Gasteiger partial charge in [0.1, 0.15) is 29.9 Å². The highest BCUT2D eigenvalue weighted by molar-refractivity contribution is 7.99. The van der Waals surface area contributed by atoms with Gasteiger partial charge in [-0.1, -0.05) is 0 Å². The zero-order chi connectivity index (χ0) is 41.9. The number of aromatic nitrogens is 1. The molecule has 0 saturated carbocycles. The maximum atomic E-state index is 15.1. The lowest BCUT2D eigenvalue weighted by molar-refractivity contribution is -0.196. The van der Waals surface area contributed by atoms with Crippen molar-refractivity contribution in [2.45, 2.75) is 86.8 Å². The molecule has 9 heterocycles. The van der Waals surface area contributed by atoms with Gasteiger partial charge in [-0.15, -0.1) is 11.8 Å². The Morgan fingerprint density at radius 2 is 1.82 bits per heavy atom. The lowest BCUT2D eigenvalue weighted by atomic mass is 9.75. The fraction of sp³-hybridized carbons (Fsp3) is 0.465. The molecule has 3 fully saturated rings. The monoisotopic (exact) mass is 840 g/mol. The molecular formula is C43H44N4O12S. The fourth-order valence-corrected chi connectivity index (χ4v) is 13.6. The number of nitrogens with zero attached hydrogens (tertiary/aromatic N) is 2. The first kappa shape index (κ1) is 37.8. The van der Waals surface area contributed by atoms with E-state index in [1.54, 1.807) is 20.1 Å². The second-order valence-electron chi connectivity index (χ2n) is 17.3. The number of methoxy groups -OCH3 is 2. The summed E-state index contributed by atoms with van der Waals surface area (Å²) in [5.41, 5.74) is 1.98. The molecule has 5 N–H and O–H groups in total. The highest BCUT2D eigenvalue weighted by Gasteiger charge is 2.72. The number of nitrogens with one attached hydrogen (secondary N) is 2. The minimum Gasteiger partial charge on any atom is -0.504 e. The number of benzene rings is 3. The van der Waals surface area contributed by atoms with Gasteiger partial charge in [0, 0.05) is 76.8 Å². The molecule has 17 heteroatoms. The molecule has 4 bridgehead atoms. The number of hydrogen-bond acceptors (Lipinski definition) is 15. The summed E-state index contributed by atoms with van der Waals surface area (Å²) in [4.78, 5) is 48.9. The van der Waals surface area contributed by atoms with Crippen LogP contribution in [0.15, 0.2) is 24.3 Å². The van der Waals surface area contributed by atoms with E-state index in [2.05, 4.69) is 22.1 Å². The first-order chi connectivity index (χ1) is 28.7. The summed E-state index contributed by atoms with van der Waals surface area (Å²) >= 11 is 1.37. The normalized spacial score (nSPS) is 32.0. The summed E-state index contributed by atoms with van der Waals surface area (Å²) in [5, 5.41) is 39.2. The van der Waals surface area contributed by atoms with Crippen LogP contribution < -0.4 is 29.0 Å². The number of rotatable bonds is 4. The Morgan fingerprint density at radius 3 is 2.55 bits per heavy atom. The van der Waals surface area contributed by atoms with Gasteiger partial charge in [-0.2, -0.15) is 0 Å². The molecule has 1 spiro atoms. The largest absolute Gasteiger partial charge is 0.504 e. The van der Waals surface area contributed by atoms with Crippen molar-refractivity contribution in [1.82, 2.24) is 20.1 Å². The topological polar surface area (TPSA) is 202 Å². The number of aliphatic hydroxyl groups is 1. The van der Waals surface area contributed by atoms with Gasteiger partial charge in [-0.05, 0) is 61.7 Å². The van der Waals surface area contributed by atoms with Gasteiger partial charge < -0.3 is 48.7 Å². The molecule has 8 aliphatic heterocycles. The van der Waals surface area contributed by atoms with Gasteiger partial charge in [0.25, 0.3) is 0 Å². The lowest BCUT2D eigenvalue weighted by Gasteiger charge is -2.59. The number of H-pyrrole nitrogens is 1. The molecule has 60 heavy (non-hydrogen) atoms. The van der Waals surface area contributed by atoms with Crippen LogP contribution in [0.4, 0.5) is 0 Å². The third kappa shape index (κ3) is 4.64. The number of carboxylic acid groups (broad SMARTS) is 1. The van der Waals surface area contributed by atoms with Crippen LogP contribution in [0.1, 0.15) is 82.2 Å². The van der Waals surface area contributed by atoms with Crippen LogP contribution in [-0.4, -0.2) is 106 Å². The molecule has 3 saturated heterocycles. The standard InChI is InChI=1S/C43H44N4O12S/c1-17-9-23-27(32(49)33(17)55-6)30-31-37-29-28(36-35(57-16-58-36)18(2)34(29)59-19(3)48)26(47(31)42(53)13-41(23,4)46(30)14-42)12-56-40(52)43(15-60-37)38-22(11-25(45-43)39(50)51)21-10-20(54-5)7-8-24(21)44-38/h7-10,25-26,30-31,37,44-45,49,53H,11-16H2,1-6H3,(H,50,51)/t25-,26+,30-,31-,37-,41?,42-,43-/m1/s1. The van der Waals surface area contributed by atoms with Crippen LogP contribution in [0.5, 0.6) is 34.5 Å². The van der Waals surface area contributed by atoms with Gasteiger partial charge in [0.15, 0.2) is 28.5 Å². The van der Waals surface area contributed by atoms with Crippen LogP contribution in [0.25, 0.3) is 10.9 Å². The number of carbonyl (C=O) groups excluding carboxylic acids is 2. The minimum atomic E-state index is -1.71. The van der Waals surface area contributed by atoms with E-state index < -0.39 is 64.1 Å². The van der Waals surface area contributed by atoms with Crippen LogP contribution in [0.2, 0.25) is 0 Å². The number of ether oxygens (including phenoxy) is 6. The van der Waals surface area contributed by atoms with E-state index in [1.165, 1.54) is 25.8 Å². The summed E-state index contributed by atoms with van der Waals surface area (Å²) in [6, 6.07) is 4.26. The number of carbonyl (C=O) groups is 3. The third-order valence-corrected chi connectivity index (χ3v) is 15.6. The number of phenolic OH excluding ortho intramolecular Hbond substituents is 1. The van der Waals surface area contributed by atoms with Crippen molar-refractivity contribution in [2.24, 2.45) is 0 Å². The number of thioether (sulfide) groups is 1. The van der Waals surface area contributed by atoms with E-state index in [4.69, 9.17) is 28.4 Å². The average molecular weight is 841 g/mol. The van der Waals surface area contributed by atoms with Crippen molar-refractivity contribution in [1.29, 1.82) is 0 Å². The average Bonchev–Trinajstić information content (AvgIpc) is 3.95. The molecule has 12 rings (SSSR count). The van der Waals surface area contributed by atoms with Gasteiger partial charge in [0.05, 0.1) is 37.2 Å². The Bertz CT molecular complexity index is 2630. The van der Waals surface area contributed by atoms with Crippen LogP contribution >= 0.6 is 11.8 Å². The summed E-state index contributed by atoms with van der Waals surface area (Å²) < 4.78 is 36.3. The number of esters is 2. The Balaban J connectivity index is 1.19. The van der Waals surface area contributed by atoms with Crippen LogP contribution in [-0.2, 0) is 36.6 Å². The number of aryl methyl sites for hydroxylation is 1. The summed E-state index contributed by atoms with van der Waals surface area (Å²) in [7, 11) is 3.08. The molecule has 1 aromatic heterocycles. The Labute approximate surface area is 348 Å². The molecule has 8 aliphatic rings. The second-order valence-corrected chi connectivity index (χ2v) is 18.4. The Kier molecular flexibility index (Phi) is 7.83. The van der Waals surface area contributed by atoms with Crippen molar-refractivity contribution in [3.63, 3.8) is 0 Å². The number of piperazine rings is 1. The number of phenols is 1. The summed E-state index contributed by atoms with van der Waals surface area (Å²) in [5.74, 6) is -0.430. The number of fused-ring (bicyclic) bond motifs is 11. The summed E-state index contributed by atoms with van der Waals surface area (Å²) in [6.07, 6.45) is 0.348. The molecule has 314 valence electrons. The van der Waals surface area contributed by atoms with Crippen molar-refractivity contribution in [3.8, 4) is 34.5 Å². The minimum absolute atomic E-state index is 0.0121. The Morgan fingerprint density at radius 1 is 1.03 bits per heavy atom. The molecule has 0 aliphatic carbocycles. The fourth-order valence-electron chi connectivity index (χ4n) is 11.9. The quantitative estimate of drug-likeness (QED) is 0.145. The molecule has 3 aromatic carbocycles. The number of carboxylic acids is 1. The van der Waals surface area contributed by atoms with Gasteiger partial charge in [-0.25, -0.2) is 4.79 Å². The van der Waals surface area contributed by atoms with Crippen LogP contribution in [0.3, 0.4) is 0 Å². The number of aromatic hydroxyl groups is 1. The molecule has 8 atom stereocenters. The molecule has 0 radical (unpaired) electrons. The van der Waals surface area contributed by atoms with Crippen molar-refractivity contribution in [3.05, 3.63) is 68.9 Å². The predicted octanol–water partition coefficient (Wildman–Crippen LogP) is 4.09. The van der Waals surface area contributed by atoms with E-state index in [0.29, 0.717) is 62.0 Å². The lowest BCUT2D eigenvalue weighted by Crippen LogP contribution is -2.68. The van der Waals surface area contributed by atoms with E-state index in [-0.39, 0.29) is 50.0 Å². The van der Waals surface area contributed by atoms with Crippen LogP contribution in [0, 0.1) is 13.8 Å². The number of aliphatic carboxylic acids is 1. The highest BCUT2D eigenvalue weighted by Crippen LogP contribution is 2.71. The maximum absolute atomic E-state index is 15.1. The van der Waals surface area contributed by atoms with Gasteiger partial charge in [-0.3, -0.25) is 24.7 Å². The molecule has 4 aromatic rings. The van der Waals surface area contributed by atoms with Crippen molar-refractivity contribution >= 4 is 40.6 Å². The van der Waals surface area contributed by atoms with E-state index in [1.807, 2.05) is 30.0 Å². The predicted molar refractivity (Wildman–Crippen MR) is 214 cm³/mol. The van der Waals surface area contributed by atoms with E-state index in [9.17, 15) is 24.9 Å². The first-order valence-electron chi connectivity index (χ1n) is 20.0. The molecule has 1 unspecified atom stereocenters. The maximum Gasteiger partial charge on any atom is 0.333 e. The number of hydrogen-bond donors (Lipinski definition) is 5. The second kappa shape index (κ2) is 12.4. The van der Waals surface area contributed by atoms with E-state index >= 15 is 4.79 Å². The molecule has 0 amide bonds. The van der Waals surface area contributed by atoms with Crippen molar-refractivity contribution in [2.75, 3.05) is 39.9 Å². The smallest absolute Gasteiger partial charge is 0.333 e. The first-order valence-corrected chi connectivity index (χ1v) is 21.0. The Hall–Kier alpha value is -5.20. The zero-order valence-electron chi connectivity index (χ0n) is 33.8. The van der Waals surface area contributed by atoms with Gasteiger partial charge in [0.2, 0.25) is 6.79 Å². The number of aromatic amines is 1.